The van der Waals surface area contributed by atoms with Crippen molar-refractivity contribution in [3.8, 4) is 16.8 Å². The van der Waals surface area contributed by atoms with E-state index in [4.69, 9.17) is 0 Å². The highest BCUT2D eigenvalue weighted by atomic mass is 16.1. The maximum absolute atomic E-state index is 13.0. The molecule has 0 unspecified atom stereocenters. The van der Waals surface area contributed by atoms with E-state index in [0.717, 1.165) is 27.7 Å². The van der Waals surface area contributed by atoms with Gasteiger partial charge in [-0.15, -0.1) is 0 Å². The fourth-order valence-electron chi connectivity index (χ4n) is 3.13. The molecule has 0 spiro atoms. The van der Waals surface area contributed by atoms with Crippen LogP contribution in [0.1, 0.15) is 5.56 Å². The zero-order valence-electron chi connectivity index (χ0n) is 13.4. The molecule has 0 aliphatic carbocycles. The molecule has 2 heteroatoms. The highest BCUT2D eigenvalue weighted by molar-refractivity contribution is 5.85. The monoisotopic (exact) mass is 311 g/mol. The highest BCUT2D eigenvalue weighted by Crippen LogP contribution is 2.24. The van der Waals surface area contributed by atoms with Gasteiger partial charge in [-0.1, -0.05) is 60.7 Å². The van der Waals surface area contributed by atoms with Crippen LogP contribution in [0.15, 0.2) is 89.9 Å². The minimum atomic E-state index is 0.0710. The number of nitrogens with zero attached hydrogens (tertiary/aromatic N) is 1. The zero-order chi connectivity index (χ0) is 16.5. The molecule has 0 aliphatic rings. The van der Waals surface area contributed by atoms with Crippen molar-refractivity contribution in [1.82, 2.24) is 4.57 Å². The normalized spacial score (nSPS) is 10.9. The Morgan fingerprint density at radius 3 is 2.21 bits per heavy atom. The molecule has 1 heterocycles. The molecule has 1 aromatic heterocycles. The van der Waals surface area contributed by atoms with Gasteiger partial charge in [0, 0.05) is 22.8 Å². The summed E-state index contributed by atoms with van der Waals surface area (Å²) in [5.74, 6) is 0. The second kappa shape index (κ2) is 5.82. The van der Waals surface area contributed by atoms with Gasteiger partial charge in [0.2, 0.25) is 0 Å². The van der Waals surface area contributed by atoms with Crippen LogP contribution in [0, 0.1) is 6.92 Å². The minimum Gasteiger partial charge on any atom is -0.315 e. The number of pyridine rings is 1. The van der Waals surface area contributed by atoms with Gasteiger partial charge in [0.05, 0.1) is 5.52 Å². The largest absolute Gasteiger partial charge is 0.315 e. The van der Waals surface area contributed by atoms with Crippen LogP contribution >= 0.6 is 0 Å². The Morgan fingerprint density at radius 2 is 1.42 bits per heavy atom. The van der Waals surface area contributed by atoms with Crippen molar-refractivity contribution < 1.29 is 0 Å². The van der Waals surface area contributed by atoms with E-state index in [2.05, 4.69) is 23.6 Å². The molecular weight excluding hydrogens is 294 g/mol. The van der Waals surface area contributed by atoms with Gasteiger partial charge in [-0.05, 0) is 36.2 Å². The van der Waals surface area contributed by atoms with Crippen molar-refractivity contribution in [3.63, 3.8) is 0 Å². The summed E-state index contributed by atoms with van der Waals surface area (Å²) in [7, 11) is 0. The topological polar surface area (TPSA) is 22.0 Å². The third kappa shape index (κ3) is 2.33. The first-order valence-corrected chi connectivity index (χ1v) is 8.01. The van der Waals surface area contributed by atoms with Gasteiger partial charge in [0.25, 0.3) is 0 Å². The Bertz CT molecular complexity index is 1080. The number of rotatable bonds is 2. The molecule has 0 bridgehead atoms. The van der Waals surface area contributed by atoms with E-state index in [1.807, 2.05) is 72.9 Å². The molecule has 4 aromatic rings. The average molecular weight is 311 g/mol. The molecule has 0 aliphatic heterocycles. The third-order valence-corrected chi connectivity index (χ3v) is 4.37. The van der Waals surface area contributed by atoms with E-state index >= 15 is 0 Å². The Kier molecular flexibility index (Phi) is 3.51. The van der Waals surface area contributed by atoms with E-state index in [0.29, 0.717) is 0 Å². The smallest absolute Gasteiger partial charge is 0.197 e. The summed E-state index contributed by atoms with van der Waals surface area (Å²) in [6, 6.07) is 25.9. The first-order chi connectivity index (χ1) is 11.8. The van der Waals surface area contributed by atoms with Gasteiger partial charge in [0.1, 0.15) is 0 Å². The molecule has 24 heavy (non-hydrogen) atoms. The van der Waals surface area contributed by atoms with Gasteiger partial charge in [-0.3, -0.25) is 4.79 Å². The van der Waals surface area contributed by atoms with Crippen LogP contribution in [0.4, 0.5) is 0 Å². The fourth-order valence-corrected chi connectivity index (χ4v) is 3.13. The molecule has 0 saturated carbocycles. The van der Waals surface area contributed by atoms with Crippen molar-refractivity contribution in [2.45, 2.75) is 6.92 Å². The Labute approximate surface area is 140 Å². The molecule has 0 radical (unpaired) electrons. The van der Waals surface area contributed by atoms with Crippen molar-refractivity contribution in [2.75, 3.05) is 0 Å². The maximum Gasteiger partial charge on any atom is 0.197 e. The molecule has 3 aromatic carbocycles. The summed E-state index contributed by atoms with van der Waals surface area (Å²) in [6.45, 7) is 2.09. The lowest BCUT2D eigenvalue weighted by atomic mass is 10.0. The van der Waals surface area contributed by atoms with Crippen LogP contribution in [-0.4, -0.2) is 4.57 Å². The van der Waals surface area contributed by atoms with Gasteiger partial charge in [-0.2, -0.15) is 0 Å². The molecule has 0 N–H and O–H groups in total. The predicted molar refractivity (Wildman–Crippen MR) is 99.7 cm³/mol. The Hall–Kier alpha value is -3.13. The molecule has 4 rings (SSSR count). The van der Waals surface area contributed by atoms with Crippen LogP contribution < -0.4 is 5.43 Å². The number of fused-ring (bicyclic) bond motifs is 1. The second-order valence-electron chi connectivity index (χ2n) is 5.91. The third-order valence-electron chi connectivity index (χ3n) is 4.37. The second-order valence-corrected chi connectivity index (χ2v) is 5.91. The Morgan fingerprint density at radius 1 is 0.750 bits per heavy atom. The van der Waals surface area contributed by atoms with E-state index in [9.17, 15) is 4.79 Å². The summed E-state index contributed by atoms with van der Waals surface area (Å²) in [4.78, 5) is 13.0. The highest BCUT2D eigenvalue weighted by Gasteiger charge is 2.12. The number of benzene rings is 3. The van der Waals surface area contributed by atoms with Crippen LogP contribution in [0.3, 0.4) is 0 Å². The number of hydrogen-bond donors (Lipinski definition) is 0. The fraction of sp³-hybridized carbons (Fsp3) is 0.0455. The van der Waals surface area contributed by atoms with E-state index in [1.165, 1.54) is 5.56 Å². The van der Waals surface area contributed by atoms with Crippen LogP contribution in [0.2, 0.25) is 0 Å². The van der Waals surface area contributed by atoms with Gasteiger partial charge >= 0.3 is 0 Å². The lowest BCUT2D eigenvalue weighted by molar-refractivity contribution is 1.08. The average Bonchev–Trinajstić information content (AvgIpc) is 2.64. The lowest BCUT2D eigenvalue weighted by Gasteiger charge is -2.15. The zero-order valence-corrected chi connectivity index (χ0v) is 13.4. The van der Waals surface area contributed by atoms with Crippen molar-refractivity contribution >= 4 is 10.9 Å². The first-order valence-electron chi connectivity index (χ1n) is 8.01. The van der Waals surface area contributed by atoms with Gasteiger partial charge in [-0.25, -0.2) is 0 Å². The van der Waals surface area contributed by atoms with E-state index < -0.39 is 0 Å². The summed E-state index contributed by atoms with van der Waals surface area (Å²) in [5.41, 5.74) is 4.92. The summed E-state index contributed by atoms with van der Waals surface area (Å²) >= 11 is 0. The van der Waals surface area contributed by atoms with Crippen LogP contribution in [0.25, 0.3) is 27.7 Å². The van der Waals surface area contributed by atoms with E-state index in [1.54, 1.807) is 0 Å². The number of aryl methyl sites for hydroxylation is 1. The quantitative estimate of drug-likeness (QED) is 0.512. The summed E-state index contributed by atoms with van der Waals surface area (Å²) < 4.78 is 2.12. The van der Waals surface area contributed by atoms with Crippen LogP contribution in [0.5, 0.6) is 0 Å². The molecule has 0 saturated heterocycles. The van der Waals surface area contributed by atoms with Crippen molar-refractivity contribution in [1.29, 1.82) is 0 Å². The molecule has 0 atom stereocenters. The van der Waals surface area contributed by atoms with Gasteiger partial charge in [0.15, 0.2) is 5.43 Å². The SMILES string of the molecule is Cc1ccccc1-n1cc(-c2ccccc2)c(=O)c2ccccc21. The van der Waals surface area contributed by atoms with E-state index in [-0.39, 0.29) is 5.43 Å². The molecule has 0 amide bonds. The predicted octanol–water partition coefficient (Wildman–Crippen LogP) is 4.97. The number of aromatic nitrogens is 1. The molecular formula is C22H17NO. The standard InChI is InChI=1S/C22H17NO/c1-16-9-5-7-13-20(16)23-15-19(17-10-3-2-4-11-17)22(24)18-12-6-8-14-21(18)23/h2-15H,1H3. The molecule has 116 valence electrons. The minimum absolute atomic E-state index is 0.0710. The molecule has 2 nitrogen and oxygen atoms in total. The first kappa shape index (κ1) is 14.5. The number of hydrogen-bond acceptors (Lipinski definition) is 1. The van der Waals surface area contributed by atoms with Crippen LogP contribution in [-0.2, 0) is 0 Å². The lowest BCUT2D eigenvalue weighted by Crippen LogP contribution is -2.11. The van der Waals surface area contributed by atoms with Crippen molar-refractivity contribution in [3.05, 3.63) is 101 Å². The Balaban J connectivity index is 2.12. The number of para-hydroxylation sites is 2. The van der Waals surface area contributed by atoms with Gasteiger partial charge < -0.3 is 4.57 Å². The summed E-state index contributed by atoms with van der Waals surface area (Å²) in [5, 5.41) is 0.738. The maximum atomic E-state index is 13.0. The van der Waals surface area contributed by atoms with Crippen molar-refractivity contribution in [2.24, 2.45) is 0 Å². The molecule has 0 fully saturated rings. The summed E-state index contributed by atoms with van der Waals surface area (Å²) in [6.07, 6.45) is 1.96.